The molecule has 0 bridgehead atoms. The van der Waals surface area contributed by atoms with Gasteiger partial charge in [-0.15, -0.1) is 0 Å². The Labute approximate surface area is 56.3 Å². The lowest BCUT2D eigenvalue weighted by Crippen LogP contribution is -2.40. The van der Waals surface area contributed by atoms with Crippen molar-refractivity contribution in [2.45, 2.75) is 0 Å². The highest BCUT2D eigenvalue weighted by atomic mass is 15.2. The molecule has 1 heterocycles. The van der Waals surface area contributed by atoms with E-state index in [0.29, 0.717) is 0 Å². The minimum atomic E-state index is 0. The second kappa shape index (κ2) is 4.35. The Hall–Kier alpha value is -0.540. The van der Waals surface area contributed by atoms with E-state index < -0.39 is 0 Å². The fourth-order valence-corrected chi connectivity index (χ4v) is 0.865. The van der Waals surface area contributed by atoms with Crippen LogP contribution in [0.4, 0.5) is 0 Å². The molecular weight excluding hydrogens is 114 g/mol. The summed E-state index contributed by atoms with van der Waals surface area (Å²) in [4.78, 5) is 2.22. The van der Waals surface area contributed by atoms with Crippen LogP contribution in [-0.4, -0.2) is 31.1 Å². The topological polar surface area (TPSA) is 50.3 Å². The van der Waals surface area contributed by atoms with Crippen LogP contribution in [0.1, 0.15) is 0 Å². The van der Waals surface area contributed by atoms with Gasteiger partial charge in [-0.3, -0.25) is 0 Å². The molecule has 1 aliphatic heterocycles. The molecule has 0 aromatic heterocycles. The molecular formula is C6H15N3. The van der Waals surface area contributed by atoms with Crippen molar-refractivity contribution in [2.24, 2.45) is 0 Å². The molecule has 0 saturated carbocycles. The van der Waals surface area contributed by atoms with Gasteiger partial charge in [-0.05, 0) is 6.20 Å². The predicted molar refractivity (Wildman–Crippen MR) is 39.7 cm³/mol. The molecule has 1 aliphatic rings. The van der Waals surface area contributed by atoms with Gasteiger partial charge in [0.05, 0.1) is 0 Å². The highest BCUT2D eigenvalue weighted by Crippen LogP contribution is 1.89. The summed E-state index contributed by atoms with van der Waals surface area (Å²) in [7, 11) is 0. The Balaban J connectivity index is 0.000000640. The number of hydrogen-bond acceptors (Lipinski definition) is 3. The van der Waals surface area contributed by atoms with E-state index in [4.69, 9.17) is 0 Å². The molecule has 3 heteroatoms. The lowest BCUT2D eigenvalue weighted by atomic mass is 10.4. The van der Waals surface area contributed by atoms with Gasteiger partial charge in [-0.25, -0.2) is 0 Å². The van der Waals surface area contributed by atoms with Crippen molar-refractivity contribution in [3.8, 4) is 0 Å². The highest BCUT2D eigenvalue weighted by molar-refractivity contribution is 4.75. The van der Waals surface area contributed by atoms with Crippen molar-refractivity contribution in [3.63, 3.8) is 0 Å². The molecule has 0 aromatic carbocycles. The number of hydrogen-bond donors (Lipinski definition) is 2. The van der Waals surface area contributed by atoms with Gasteiger partial charge in [0.2, 0.25) is 0 Å². The molecule has 0 radical (unpaired) electrons. The Kier molecular flexibility index (Phi) is 4.09. The van der Waals surface area contributed by atoms with Crippen LogP contribution in [0.2, 0.25) is 0 Å². The van der Waals surface area contributed by atoms with Gasteiger partial charge in [0, 0.05) is 26.2 Å². The van der Waals surface area contributed by atoms with Gasteiger partial charge in [0.1, 0.15) is 0 Å². The van der Waals surface area contributed by atoms with E-state index in [0.717, 1.165) is 26.2 Å². The molecule has 0 unspecified atom stereocenters. The second-order valence-corrected chi connectivity index (χ2v) is 1.97. The van der Waals surface area contributed by atoms with Crippen LogP contribution < -0.4 is 11.5 Å². The lowest BCUT2D eigenvalue weighted by Gasteiger charge is -2.24. The van der Waals surface area contributed by atoms with Crippen LogP contribution in [0.3, 0.4) is 0 Å². The number of piperazine rings is 1. The predicted octanol–water partition coefficient (Wildman–Crippen LogP) is 0.197. The average Bonchev–Trinajstić information content (AvgIpc) is 1.90. The highest BCUT2D eigenvalue weighted by Gasteiger charge is 2.01. The maximum atomic E-state index is 3.68. The first kappa shape index (κ1) is 8.46. The third kappa shape index (κ3) is 2.49. The van der Waals surface area contributed by atoms with Crippen molar-refractivity contribution in [2.75, 3.05) is 26.2 Å². The summed E-state index contributed by atoms with van der Waals surface area (Å²) in [5.74, 6) is 0. The van der Waals surface area contributed by atoms with E-state index in [-0.39, 0.29) is 6.15 Å². The van der Waals surface area contributed by atoms with Crippen LogP contribution in [0.15, 0.2) is 12.8 Å². The zero-order chi connectivity index (χ0) is 5.82. The normalized spacial score (nSPS) is 18.4. The molecule has 0 amide bonds. The third-order valence-corrected chi connectivity index (χ3v) is 1.41. The molecule has 1 saturated heterocycles. The third-order valence-electron chi connectivity index (χ3n) is 1.41. The summed E-state index contributed by atoms with van der Waals surface area (Å²) in [6.45, 7) is 8.12. The molecule has 4 N–H and O–H groups in total. The van der Waals surface area contributed by atoms with E-state index in [2.05, 4.69) is 16.8 Å². The largest absolute Gasteiger partial charge is 0.375 e. The standard InChI is InChI=1S/C6H12N2.H3N/c1-2-8-5-3-7-4-6-8;/h2,7H,1,3-6H2;1H3. The summed E-state index contributed by atoms with van der Waals surface area (Å²) in [5, 5.41) is 3.26. The van der Waals surface area contributed by atoms with E-state index in [1.54, 1.807) is 0 Å². The van der Waals surface area contributed by atoms with Gasteiger partial charge >= 0.3 is 0 Å². The maximum absolute atomic E-state index is 3.68. The van der Waals surface area contributed by atoms with E-state index in [1.807, 2.05) is 6.20 Å². The van der Waals surface area contributed by atoms with Crippen LogP contribution >= 0.6 is 0 Å². The molecule has 0 spiro atoms. The molecule has 0 aliphatic carbocycles. The Bertz CT molecular complexity index is 76.4. The van der Waals surface area contributed by atoms with Gasteiger partial charge in [-0.2, -0.15) is 0 Å². The van der Waals surface area contributed by atoms with Crippen LogP contribution in [0, 0.1) is 0 Å². The summed E-state index contributed by atoms with van der Waals surface area (Å²) >= 11 is 0. The SMILES string of the molecule is C=CN1CCNCC1.N. The van der Waals surface area contributed by atoms with E-state index in [9.17, 15) is 0 Å². The van der Waals surface area contributed by atoms with Crippen molar-refractivity contribution in [3.05, 3.63) is 12.8 Å². The van der Waals surface area contributed by atoms with Gasteiger partial charge in [0.15, 0.2) is 0 Å². The first-order chi connectivity index (χ1) is 3.93. The smallest absolute Gasteiger partial charge is 0.0298 e. The molecule has 9 heavy (non-hydrogen) atoms. The molecule has 1 fully saturated rings. The first-order valence-electron chi connectivity index (χ1n) is 3.01. The number of nitrogens with one attached hydrogen (secondary N) is 1. The summed E-state index contributed by atoms with van der Waals surface area (Å²) in [6, 6.07) is 0. The van der Waals surface area contributed by atoms with Gasteiger partial charge in [-0.1, -0.05) is 6.58 Å². The molecule has 0 aromatic rings. The van der Waals surface area contributed by atoms with Gasteiger partial charge < -0.3 is 16.4 Å². The molecule has 3 nitrogen and oxygen atoms in total. The van der Waals surface area contributed by atoms with E-state index in [1.165, 1.54) is 0 Å². The zero-order valence-electron chi connectivity index (χ0n) is 5.77. The minimum Gasteiger partial charge on any atom is -0.375 e. The Morgan fingerprint density at radius 1 is 1.33 bits per heavy atom. The molecule has 1 rings (SSSR count). The van der Waals surface area contributed by atoms with Crippen LogP contribution in [-0.2, 0) is 0 Å². The second-order valence-electron chi connectivity index (χ2n) is 1.97. The van der Waals surface area contributed by atoms with Crippen LogP contribution in [0.5, 0.6) is 0 Å². The quantitative estimate of drug-likeness (QED) is 0.531. The minimum absolute atomic E-state index is 0. The lowest BCUT2D eigenvalue weighted by molar-refractivity contribution is 0.325. The van der Waals surface area contributed by atoms with E-state index >= 15 is 0 Å². The summed E-state index contributed by atoms with van der Waals surface area (Å²) < 4.78 is 0. The Morgan fingerprint density at radius 2 is 1.89 bits per heavy atom. The van der Waals surface area contributed by atoms with Crippen molar-refractivity contribution < 1.29 is 0 Å². The average molecular weight is 129 g/mol. The summed E-state index contributed by atoms with van der Waals surface area (Å²) in [5.41, 5.74) is 0. The number of nitrogens with zero attached hydrogens (tertiary/aromatic N) is 1. The molecule has 54 valence electrons. The molecule has 0 atom stereocenters. The fraction of sp³-hybridized carbons (Fsp3) is 0.667. The monoisotopic (exact) mass is 129 g/mol. The Morgan fingerprint density at radius 3 is 2.22 bits per heavy atom. The fourth-order valence-electron chi connectivity index (χ4n) is 0.865. The number of rotatable bonds is 1. The van der Waals surface area contributed by atoms with Gasteiger partial charge in [0.25, 0.3) is 0 Å². The van der Waals surface area contributed by atoms with Crippen molar-refractivity contribution in [1.82, 2.24) is 16.4 Å². The maximum Gasteiger partial charge on any atom is 0.0298 e. The van der Waals surface area contributed by atoms with Crippen molar-refractivity contribution in [1.29, 1.82) is 0 Å². The van der Waals surface area contributed by atoms with Crippen LogP contribution in [0.25, 0.3) is 0 Å². The zero-order valence-corrected chi connectivity index (χ0v) is 5.77. The first-order valence-corrected chi connectivity index (χ1v) is 3.01. The summed E-state index contributed by atoms with van der Waals surface area (Å²) in [6.07, 6.45) is 1.90. The van der Waals surface area contributed by atoms with Crippen molar-refractivity contribution >= 4 is 0 Å².